The van der Waals surface area contributed by atoms with Gasteiger partial charge in [-0.1, -0.05) is 23.2 Å². The van der Waals surface area contributed by atoms with Crippen LogP contribution in [0.3, 0.4) is 0 Å². The summed E-state index contributed by atoms with van der Waals surface area (Å²) >= 11 is 12.7. The first kappa shape index (κ1) is 24.2. The number of nitrogens with zero attached hydrogens (tertiary/aromatic N) is 5. The smallest absolute Gasteiger partial charge is 0.128 e. The molecule has 0 amide bonds. The highest BCUT2D eigenvalue weighted by Gasteiger charge is 2.50. The predicted molar refractivity (Wildman–Crippen MR) is 148 cm³/mol. The van der Waals surface area contributed by atoms with Crippen molar-refractivity contribution in [3.63, 3.8) is 0 Å². The number of hydrogen-bond acceptors (Lipinski definition) is 7. The fourth-order valence-corrected chi connectivity index (χ4v) is 6.68. The number of aromatic nitrogens is 4. The average molecular weight is 551 g/mol. The number of fused-ring (bicyclic) bond motifs is 3. The standard InChI is InChI=1S/C28H28Cl2N6O2/c1-16(26-22(29)10-31-11-23(26)30)37-18-4-5-24-21(8-18)27(34-33-24)17-3-6-25(32-9-17)35-14-28(2,15-35)36-12-19-7-20(13-36)38-19/h3-6,8-11,16,19-20H,7,12-15H2,1-2H3,(H,33,34)/t16-,19?,20?/m1/s1. The Labute approximate surface area is 230 Å². The van der Waals surface area contributed by atoms with Crippen molar-refractivity contribution in [2.45, 2.75) is 44.1 Å². The van der Waals surface area contributed by atoms with Gasteiger partial charge in [-0.2, -0.15) is 5.10 Å². The molecule has 1 N–H and O–H groups in total. The molecule has 0 aliphatic carbocycles. The monoisotopic (exact) mass is 550 g/mol. The number of hydrogen-bond donors (Lipinski definition) is 1. The lowest BCUT2D eigenvalue weighted by Gasteiger charge is -2.60. The maximum absolute atomic E-state index is 6.33. The molecule has 4 aromatic rings. The van der Waals surface area contributed by atoms with Gasteiger partial charge in [-0.3, -0.25) is 15.0 Å². The molecule has 3 atom stereocenters. The van der Waals surface area contributed by atoms with E-state index in [9.17, 15) is 0 Å². The minimum Gasteiger partial charge on any atom is -0.486 e. The van der Waals surface area contributed by atoms with Crippen molar-refractivity contribution in [3.05, 3.63) is 64.5 Å². The van der Waals surface area contributed by atoms with Crippen molar-refractivity contribution in [2.24, 2.45) is 0 Å². The molecule has 4 fully saturated rings. The molecule has 196 valence electrons. The third-order valence-electron chi connectivity index (χ3n) is 8.07. The molecule has 10 heteroatoms. The fraction of sp³-hybridized carbons (Fsp3) is 0.393. The van der Waals surface area contributed by atoms with Crippen LogP contribution in [0.4, 0.5) is 5.82 Å². The van der Waals surface area contributed by atoms with Gasteiger partial charge in [0.25, 0.3) is 0 Å². The van der Waals surface area contributed by atoms with Crippen molar-refractivity contribution < 1.29 is 9.47 Å². The molecular formula is C28H28Cl2N6O2. The van der Waals surface area contributed by atoms with E-state index in [1.54, 1.807) is 12.4 Å². The summed E-state index contributed by atoms with van der Waals surface area (Å²) in [5, 5.41) is 9.61. The average Bonchev–Trinajstić information content (AvgIpc) is 3.30. The van der Waals surface area contributed by atoms with Gasteiger partial charge in [0, 0.05) is 67.7 Å². The van der Waals surface area contributed by atoms with Gasteiger partial charge in [0.1, 0.15) is 23.4 Å². The Kier molecular flexibility index (Phi) is 5.78. The van der Waals surface area contributed by atoms with Crippen LogP contribution in [0.1, 0.15) is 31.9 Å². The van der Waals surface area contributed by atoms with E-state index in [4.69, 9.17) is 37.7 Å². The summed E-state index contributed by atoms with van der Waals surface area (Å²) in [6.07, 6.45) is 6.78. The Hall–Kier alpha value is -2.91. The Morgan fingerprint density at radius 2 is 1.82 bits per heavy atom. The summed E-state index contributed by atoms with van der Waals surface area (Å²) in [5.41, 5.74) is 3.60. The van der Waals surface area contributed by atoms with Crippen LogP contribution in [0.25, 0.3) is 22.2 Å². The number of H-pyrrole nitrogens is 1. The summed E-state index contributed by atoms with van der Waals surface area (Å²) in [4.78, 5) is 13.8. The molecule has 7 heterocycles. The molecule has 38 heavy (non-hydrogen) atoms. The number of halogens is 2. The largest absolute Gasteiger partial charge is 0.486 e. The molecule has 2 bridgehead atoms. The lowest BCUT2D eigenvalue weighted by molar-refractivity contribution is -0.200. The Morgan fingerprint density at radius 3 is 2.50 bits per heavy atom. The topological polar surface area (TPSA) is 79.4 Å². The molecule has 1 aromatic carbocycles. The van der Waals surface area contributed by atoms with Gasteiger partial charge in [-0.15, -0.1) is 0 Å². The number of aromatic amines is 1. The van der Waals surface area contributed by atoms with E-state index < -0.39 is 0 Å². The molecule has 4 aliphatic heterocycles. The predicted octanol–water partition coefficient (Wildman–Crippen LogP) is 5.52. The maximum Gasteiger partial charge on any atom is 0.128 e. The summed E-state index contributed by atoms with van der Waals surface area (Å²) in [5.74, 6) is 1.69. The zero-order valence-corrected chi connectivity index (χ0v) is 22.7. The first-order valence-corrected chi connectivity index (χ1v) is 13.7. The second kappa shape index (κ2) is 9.09. The van der Waals surface area contributed by atoms with E-state index in [0.717, 1.165) is 54.2 Å². The van der Waals surface area contributed by atoms with Gasteiger partial charge < -0.3 is 14.4 Å². The van der Waals surface area contributed by atoms with Crippen LogP contribution in [-0.2, 0) is 4.74 Å². The van der Waals surface area contributed by atoms with Crippen molar-refractivity contribution >= 4 is 39.9 Å². The Bertz CT molecular complexity index is 1470. The van der Waals surface area contributed by atoms with Crippen LogP contribution in [0, 0.1) is 0 Å². The minimum atomic E-state index is -0.350. The van der Waals surface area contributed by atoms with Crippen LogP contribution in [0.2, 0.25) is 10.0 Å². The molecule has 3 aromatic heterocycles. The minimum absolute atomic E-state index is 0.192. The van der Waals surface area contributed by atoms with Crippen LogP contribution in [-0.4, -0.2) is 69.0 Å². The van der Waals surface area contributed by atoms with Gasteiger partial charge in [0.05, 0.1) is 33.3 Å². The highest BCUT2D eigenvalue weighted by molar-refractivity contribution is 6.35. The molecule has 4 aliphatic rings. The van der Waals surface area contributed by atoms with Crippen molar-refractivity contribution in [2.75, 3.05) is 31.1 Å². The third-order valence-corrected chi connectivity index (χ3v) is 8.68. The van der Waals surface area contributed by atoms with Crippen LogP contribution in [0.5, 0.6) is 5.75 Å². The highest BCUT2D eigenvalue weighted by atomic mass is 35.5. The molecule has 4 saturated heterocycles. The van der Waals surface area contributed by atoms with E-state index in [0.29, 0.717) is 33.6 Å². The number of rotatable bonds is 6. The van der Waals surface area contributed by atoms with E-state index in [1.165, 1.54) is 6.42 Å². The highest BCUT2D eigenvalue weighted by Crippen LogP contribution is 2.39. The molecule has 8 rings (SSSR count). The molecule has 0 spiro atoms. The van der Waals surface area contributed by atoms with Crippen LogP contribution in [0.15, 0.2) is 48.9 Å². The molecule has 0 radical (unpaired) electrons. The third kappa shape index (κ3) is 4.11. The quantitative estimate of drug-likeness (QED) is 0.338. The lowest BCUT2D eigenvalue weighted by atomic mass is 9.85. The maximum atomic E-state index is 6.33. The van der Waals surface area contributed by atoms with Gasteiger partial charge >= 0.3 is 0 Å². The molecular weight excluding hydrogens is 523 g/mol. The number of piperidine rings is 1. The fourth-order valence-electron chi connectivity index (χ4n) is 6.01. The first-order valence-electron chi connectivity index (χ1n) is 12.9. The summed E-state index contributed by atoms with van der Waals surface area (Å²) in [6, 6.07) is 10.0. The van der Waals surface area contributed by atoms with Crippen LogP contribution >= 0.6 is 23.2 Å². The van der Waals surface area contributed by atoms with Crippen molar-refractivity contribution in [1.82, 2.24) is 25.1 Å². The summed E-state index contributed by atoms with van der Waals surface area (Å²) in [7, 11) is 0. The van der Waals surface area contributed by atoms with E-state index >= 15 is 0 Å². The number of nitrogens with one attached hydrogen (secondary N) is 1. The van der Waals surface area contributed by atoms with Gasteiger partial charge in [-0.05, 0) is 44.2 Å². The number of ether oxygens (including phenoxy) is 2. The number of anilines is 1. The molecule has 8 nitrogen and oxygen atoms in total. The van der Waals surface area contributed by atoms with E-state index in [1.807, 2.05) is 31.3 Å². The van der Waals surface area contributed by atoms with Gasteiger partial charge in [-0.25, -0.2) is 4.98 Å². The SMILES string of the molecule is C[C@@H](Oc1ccc2[nH]nc(-c3ccc(N4CC(C)(N5CC6CC(C5)O6)C4)nc3)c2c1)c1c(Cl)cncc1Cl. The number of benzene rings is 1. The normalized spacial score (nSPS) is 23.1. The zero-order chi connectivity index (χ0) is 26.0. The summed E-state index contributed by atoms with van der Waals surface area (Å²) < 4.78 is 12.0. The molecule has 0 saturated carbocycles. The Balaban J connectivity index is 1.07. The van der Waals surface area contributed by atoms with E-state index in [-0.39, 0.29) is 11.6 Å². The van der Waals surface area contributed by atoms with Crippen molar-refractivity contribution in [1.29, 1.82) is 0 Å². The van der Waals surface area contributed by atoms with Gasteiger partial charge in [0.15, 0.2) is 0 Å². The second-order valence-electron chi connectivity index (χ2n) is 10.8. The first-order chi connectivity index (χ1) is 18.4. The second-order valence-corrected chi connectivity index (χ2v) is 11.6. The molecule has 2 unspecified atom stereocenters. The van der Waals surface area contributed by atoms with Gasteiger partial charge in [0.2, 0.25) is 0 Å². The number of pyridine rings is 2. The Morgan fingerprint density at radius 1 is 1.08 bits per heavy atom. The van der Waals surface area contributed by atoms with Crippen LogP contribution < -0.4 is 9.64 Å². The number of morpholine rings is 1. The van der Waals surface area contributed by atoms with E-state index in [2.05, 4.69) is 44.0 Å². The lowest BCUT2D eigenvalue weighted by Crippen LogP contribution is -2.74. The zero-order valence-electron chi connectivity index (χ0n) is 21.2. The van der Waals surface area contributed by atoms with Crippen molar-refractivity contribution in [3.8, 4) is 17.0 Å². The summed E-state index contributed by atoms with van der Waals surface area (Å²) in [6.45, 7) is 8.33.